The molecule has 0 fully saturated rings. The lowest BCUT2D eigenvalue weighted by Gasteiger charge is -2.13. The van der Waals surface area contributed by atoms with E-state index in [1.165, 1.54) is 38.9 Å². The van der Waals surface area contributed by atoms with Gasteiger partial charge in [-0.2, -0.15) is 0 Å². The lowest BCUT2D eigenvalue weighted by atomic mass is 10.1. The molecule has 2 aromatic carbocycles. The fraction of sp³-hybridized carbons (Fsp3) is 0.286. The number of aromatic amines is 1. The van der Waals surface area contributed by atoms with Crippen molar-refractivity contribution >= 4 is 33.9 Å². The second kappa shape index (κ2) is 7.28. The molecule has 3 rings (SSSR count). The zero-order valence-electron chi connectivity index (χ0n) is 15.3. The van der Waals surface area contributed by atoms with Gasteiger partial charge in [-0.05, 0) is 81.2 Å². The van der Waals surface area contributed by atoms with Gasteiger partial charge < -0.3 is 15.6 Å². The van der Waals surface area contributed by atoms with Gasteiger partial charge in [-0.1, -0.05) is 23.8 Å². The standard InChI is InChI=1S/C21H25N3S/c1-13-6-8-19-18(11-13)17(16(4)23-19)9-10-22-21(25)24-20-12-14(2)5-7-15(20)3/h5-8,11-12,23H,9-10H2,1-4H3,(H2,22,24,25). The number of thiocarbonyl (C=S) groups is 1. The number of fused-ring (bicyclic) bond motifs is 1. The predicted molar refractivity (Wildman–Crippen MR) is 112 cm³/mol. The van der Waals surface area contributed by atoms with Crippen LogP contribution in [0.3, 0.4) is 0 Å². The van der Waals surface area contributed by atoms with E-state index in [2.05, 4.69) is 79.7 Å². The van der Waals surface area contributed by atoms with Crippen molar-refractivity contribution in [2.45, 2.75) is 34.1 Å². The molecule has 4 heteroatoms. The number of aryl methyl sites for hydroxylation is 4. The van der Waals surface area contributed by atoms with Crippen molar-refractivity contribution in [3.8, 4) is 0 Å². The molecule has 3 aromatic rings. The van der Waals surface area contributed by atoms with Gasteiger partial charge in [0, 0.05) is 28.8 Å². The molecule has 0 saturated heterocycles. The van der Waals surface area contributed by atoms with Gasteiger partial charge >= 0.3 is 0 Å². The summed E-state index contributed by atoms with van der Waals surface area (Å²) in [6.45, 7) is 9.24. The average Bonchev–Trinajstić information content (AvgIpc) is 2.86. The minimum atomic E-state index is 0.669. The van der Waals surface area contributed by atoms with E-state index < -0.39 is 0 Å². The minimum Gasteiger partial charge on any atom is -0.362 e. The van der Waals surface area contributed by atoms with E-state index in [0.717, 1.165) is 18.7 Å². The van der Waals surface area contributed by atoms with Crippen LogP contribution in [0.2, 0.25) is 0 Å². The van der Waals surface area contributed by atoms with Crippen LogP contribution in [0.1, 0.15) is 27.9 Å². The van der Waals surface area contributed by atoms with Gasteiger partial charge in [0.05, 0.1) is 0 Å². The van der Waals surface area contributed by atoms with Crippen molar-refractivity contribution in [1.29, 1.82) is 0 Å². The van der Waals surface area contributed by atoms with Gasteiger partial charge in [-0.3, -0.25) is 0 Å². The molecular weight excluding hydrogens is 326 g/mol. The predicted octanol–water partition coefficient (Wildman–Crippen LogP) is 4.93. The normalized spacial score (nSPS) is 10.9. The molecule has 1 heterocycles. The largest absolute Gasteiger partial charge is 0.362 e. The Morgan fingerprint density at radius 1 is 1.00 bits per heavy atom. The SMILES string of the molecule is Cc1ccc(C)c(NC(=S)NCCc2c(C)[nH]c3ccc(C)cc23)c1. The molecule has 130 valence electrons. The fourth-order valence-electron chi connectivity index (χ4n) is 3.16. The Kier molecular flexibility index (Phi) is 5.09. The second-order valence-electron chi connectivity index (χ2n) is 6.73. The van der Waals surface area contributed by atoms with Crippen LogP contribution in [0.4, 0.5) is 5.69 Å². The van der Waals surface area contributed by atoms with Crippen LogP contribution >= 0.6 is 12.2 Å². The Morgan fingerprint density at radius 3 is 2.52 bits per heavy atom. The molecule has 0 bridgehead atoms. The number of benzene rings is 2. The summed E-state index contributed by atoms with van der Waals surface area (Å²) in [6.07, 6.45) is 0.934. The van der Waals surface area contributed by atoms with E-state index in [4.69, 9.17) is 12.2 Å². The molecule has 3 nitrogen and oxygen atoms in total. The molecule has 0 aliphatic heterocycles. The van der Waals surface area contributed by atoms with Crippen molar-refractivity contribution in [3.05, 3.63) is 64.3 Å². The summed E-state index contributed by atoms with van der Waals surface area (Å²) in [6, 6.07) is 12.9. The quantitative estimate of drug-likeness (QED) is 0.584. The summed E-state index contributed by atoms with van der Waals surface area (Å²) in [5.74, 6) is 0. The third kappa shape index (κ3) is 4.02. The maximum Gasteiger partial charge on any atom is 0.170 e. The molecule has 25 heavy (non-hydrogen) atoms. The highest BCUT2D eigenvalue weighted by Gasteiger charge is 2.09. The van der Waals surface area contributed by atoms with Crippen LogP contribution in [-0.2, 0) is 6.42 Å². The molecule has 0 spiro atoms. The molecule has 1 aromatic heterocycles. The van der Waals surface area contributed by atoms with E-state index in [9.17, 15) is 0 Å². The van der Waals surface area contributed by atoms with Crippen molar-refractivity contribution in [2.24, 2.45) is 0 Å². The van der Waals surface area contributed by atoms with Gasteiger partial charge in [-0.25, -0.2) is 0 Å². The lowest BCUT2D eigenvalue weighted by molar-refractivity contribution is 0.871. The first-order chi connectivity index (χ1) is 11.9. The number of rotatable bonds is 4. The molecule has 0 amide bonds. The van der Waals surface area contributed by atoms with Crippen LogP contribution in [0.5, 0.6) is 0 Å². The van der Waals surface area contributed by atoms with Crippen LogP contribution < -0.4 is 10.6 Å². The van der Waals surface area contributed by atoms with Crippen molar-refractivity contribution in [3.63, 3.8) is 0 Å². The number of hydrogen-bond acceptors (Lipinski definition) is 1. The third-order valence-electron chi connectivity index (χ3n) is 4.58. The highest BCUT2D eigenvalue weighted by Crippen LogP contribution is 2.23. The van der Waals surface area contributed by atoms with Crippen LogP contribution in [0, 0.1) is 27.7 Å². The summed E-state index contributed by atoms with van der Waals surface area (Å²) < 4.78 is 0. The Bertz CT molecular complexity index is 924. The maximum absolute atomic E-state index is 5.45. The van der Waals surface area contributed by atoms with Crippen LogP contribution in [0.25, 0.3) is 10.9 Å². The smallest absolute Gasteiger partial charge is 0.170 e. The van der Waals surface area contributed by atoms with E-state index in [1.54, 1.807) is 0 Å². The topological polar surface area (TPSA) is 39.8 Å². The average molecular weight is 352 g/mol. The van der Waals surface area contributed by atoms with Crippen LogP contribution in [-0.4, -0.2) is 16.6 Å². The molecule has 0 radical (unpaired) electrons. The number of aromatic nitrogens is 1. The minimum absolute atomic E-state index is 0.669. The molecule has 0 unspecified atom stereocenters. The highest BCUT2D eigenvalue weighted by atomic mass is 32.1. The number of nitrogens with one attached hydrogen (secondary N) is 3. The van der Waals surface area contributed by atoms with E-state index in [1.807, 2.05) is 0 Å². The number of H-pyrrole nitrogens is 1. The first-order valence-corrected chi connectivity index (χ1v) is 9.05. The molecule has 0 aliphatic carbocycles. The summed E-state index contributed by atoms with van der Waals surface area (Å²) in [5, 5.41) is 8.62. The third-order valence-corrected chi connectivity index (χ3v) is 4.82. The maximum atomic E-state index is 5.45. The monoisotopic (exact) mass is 351 g/mol. The Labute approximate surface area is 154 Å². The van der Waals surface area contributed by atoms with Gasteiger partial charge in [0.25, 0.3) is 0 Å². The second-order valence-corrected chi connectivity index (χ2v) is 7.14. The molecule has 3 N–H and O–H groups in total. The molecule has 0 atom stereocenters. The number of anilines is 1. The van der Waals surface area contributed by atoms with Crippen molar-refractivity contribution < 1.29 is 0 Å². The fourth-order valence-corrected chi connectivity index (χ4v) is 3.37. The Hall–Kier alpha value is -2.33. The van der Waals surface area contributed by atoms with Gasteiger partial charge in [0.2, 0.25) is 0 Å². The van der Waals surface area contributed by atoms with E-state index in [0.29, 0.717) is 5.11 Å². The first kappa shape index (κ1) is 17.5. The van der Waals surface area contributed by atoms with E-state index >= 15 is 0 Å². The van der Waals surface area contributed by atoms with Gasteiger partial charge in [0.1, 0.15) is 0 Å². The zero-order valence-corrected chi connectivity index (χ0v) is 16.1. The summed E-state index contributed by atoms with van der Waals surface area (Å²) in [5.41, 5.74) is 8.56. The first-order valence-electron chi connectivity index (χ1n) is 8.64. The molecule has 0 saturated carbocycles. The summed E-state index contributed by atoms with van der Waals surface area (Å²) >= 11 is 5.45. The van der Waals surface area contributed by atoms with Gasteiger partial charge in [0.15, 0.2) is 5.11 Å². The summed E-state index contributed by atoms with van der Waals surface area (Å²) in [7, 11) is 0. The summed E-state index contributed by atoms with van der Waals surface area (Å²) in [4.78, 5) is 3.47. The Morgan fingerprint density at radius 2 is 1.72 bits per heavy atom. The molecular formula is C21H25N3S. The van der Waals surface area contributed by atoms with E-state index in [-0.39, 0.29) is 0 Å². The Balaban J connectivity index is 1.63. The van der Waals surface area contributed by atoms with Crippen molar-refractivity contribution in [2.75, 3.05) is 11.9 Å². The molecule has 0 aliphatic rings. The highest BCUT2D eigenvalue weighted by molar-refractivity contribution is 7.80. The lowest BCUT2D eigenvalue weighted by Crippen LogP contribution is -2.30. The van der Waals surface area contributed by atoms with Crippen LogP contribution in [0.15, 0.2) is 36.4 Å². The van der Waals surface area contributed by atoms with Gasteiger partial charge in [-0.15, -0.1) is 0 Å². The number of hydrogen-bond donors (Lipinski definition) is 3. The van der Waals surface area contributed by atoms with Crippen molar-refractivity contribution in [1.82, 2.24) is 10.3 Å². The zero-order chi connectivity index (χ0) is 18.0.